The first-order valence-electron chi connectivity index (χ1n) is 7.03. The van der Waals surface area contributed by atoms with E-state index in [-0.39, 0.29) is 0 Å². The van der Waals surface area contributed by atoms with Crippen LogP contribution in [0.2, 0.25) is 0 Å². The van der Waals surface area contributed by atoms with Crippen molar-refractivity contribution in [2.75, 3.05) is 39.5 Å². The molecule has 0 N–H and O–H groups in total. The average Bonchev–Trinajstić information content (AvgIpc) is 2.48. The highest BCUT2D eigenvalue weighted by molar-refractivity contribution is 7.80. The SMILES string of the molecule is CCOc1ccc(C(=S)N2CCOCC2)c(OCC)c1. The minimum absolute atomic E-state index is 0.605. The van der Waals surface area contributed by atoms with Gasteiger partial charge in [0.15, 0.2) is 0 Å². The lowest BCUT2D eigenvalue weighted by Crippen LogP contribution is -2.40. The van der Waals surface area contributed by atoms with Crippen molar-refractivity contribution in [1.82, 2.24) is 4.90 Å². The first-order chi connectivity index (χ1) is 9.76. The summed E-state index contributed by atoms with van der Waals surface area (Å²) in [4.78, 5) is 2.98. The fraction of sp³-hybridized carbons (Fsp3) is 0.533. The summed E-state index contributed by atoms with van der Waals surface area (Å²) < 4.78 is 16.6. The third kappa shape index (κ3) is 3.61. The number of nitrogens with zero attached hydrogens (tertiary/aromatic N) is 1. The zero-order chi connectivity index (χ0) is 14.4. The van der Waals surface area contributed by atoms with Crippen LogP contribution in [0.4, 0.5) is 0 Å². The molecule has 2 rings (SSSR count). The van der Waals surface area contributed by atoms with Gasteiger partial charge in [0.05, 0.1) is 32.0 Å². The summed E-state index contributed by atoms with van der Waals surface area (Å²) >= 11 is 5.60. The Morgan fingerprint density at radius 3 is 2.55 bits per heavy atom. The summed E-state index contributed by atoms with van der Waals surface area (Å²) in [6.45, 7) is 8.28. The monoisotopic (exact) mass is 295 g/mol. The van der Waals surface area contributed by atoms with E-state index in [2.05, 4.69) is 4.90 Å². The average molecular weight is 295 g/mol. The van der Waals surface area contributed by atoms with Crippen LogP contribution in [0.3, 0.4) is 0 Å². The number of hydrogen-bond donors (Lipinski definition) is 0. The van der Waals surface area contributed by atoms with Crippen LogP contribution in [0.5, 0.6) is 11.5 Å². The third-order valence-corrected chi connectivity index (χ3v) is 3.57. The highest BCUT2D eigenvalue weighted by atomic mass is 32.1. The molecule has 0 spiro atoms. The third-order valence-electron chi connectivity index (χ3n) is 3.09. The second-order valence-electron chi connectivity index (χ2n) is 4.43. The molecule has 0 saturated carbocycles. The predicted octanol–water partition coefficient (Wildman–Crippen LogP) is 2.49. The molecule has 4 nitrogen and oxygen atoms in total. The molecule has 1 fully saturated rings. The van der Waals surface area contributed by atoms with Crippen LogP contribution in [-0.4, -0.2) is 49.4 Å². The van der Waals surface area contributed by atoms with Gasteiger partial charge in [0.1, 0.15) is 16.5 Å². The molecule has 1 aromatic carbocycles. The summed E-state index contributed by atoms with van der Waals surface area (Å²) in [7, 11) is 0. The molecule has 0 bridgehead atoms. The van der Waals surface area contributed by atoms with Gasteiger partial charge in [-0.05, 0) is 26.0 Å². The largest absolute Gasteiger partial charge is 0.494 e. The highest BCUT2D eigenvalue weighted by Gasteiger charge is 2.18. The van der Waals surface area contributed by atoms with Crippen molar-refractivity contribution in [3.63, 3.8) is 0 Å². The summed E-state index contributed by atoms with van der Waals surface area (Å²) in [6, 6.07) is 5.83. The molecule has 0 radical (unpaired) electrons. The quantitative estimate of drug-likeness (QED) is 0.779. The molecule has 5 heteroatoms. The number of benzene rings is 1. The van der Waals surface area contributed by atoms with Crippen LogP contribution in [0, 0.1) is 0 Å². The minimum atomic E-state index is 0.605. The number of thiocarbonyl (C=S) groups is 1. The van der Waals surface area contributed by atoms with E-state index in [0.717, 1.165) is 48.4 Å². The zero-order valence-electron chi connectivity index (χ0n) is 12.1. The summed E-state index contributed by atoms with van der Waals surface area (Å²) in [5.41, 5.74) is 0.951. The van der Waals surface area contributed by atoms with E-state index in [1.807, 2.05) is 32.0 Å². The van der Waals surface area contributed by atoms with Crippen molar-refractivity contribution in [3.05, 3.63) is 23.8 Å². The van der Waals surface area contributed by atoms with Crippen LogP contribution in [-0.2, 0) is 4.74 Å². The Morgan fingerprint density at radius 2 is 1.90 bits per heavy atom. The van der Waals surface area contributed by atoms with E-state index in [0.29, 0.717) is 13.2 Å². The van der Waals surface area contributed by atoms with Gasteiger partial charge in [-0.1, -0.05) is 12.2 Å². The van der Waals surface area contributed by atoms with Gasteiger partial charge >= 0.3 is 0 Å². The fourth-order valence-corrected chi connectivity index (χ4v) is 2.50. The molecule has 0 aromatic heterocycles. The van der Waals surface area contributed by atoms with Crippen molar-refractivity contribution in [1.29, 1.82) is 0 Å². The van der Waals surface area contributed by atoms with Gasteiger partial charge in [-0.3, -0.25) is 0 Å². The smallest absolute Gasteiger partial charge is 0.133 e. The summed E-state index contributed by atoms with van der Waals surface area (Å²) in [5, 5.41) is 0. The van der Waals surface area contributed by atoms with Crippen LogP contribution in [0.1, 0.15) is 19.4 Å². The first-order valence-corrected chi connectivity index (χ1v) is 7.43. The fourth-order valence-electron chi connectivity index (χ4n) is 2.15. The van der Waals surface area contributed by atoms with Crippen molar-refractivity contribution >= 4 is 17.2 Å². The molecule has 0 unspecified atom stereocenters. The Morgan fingerprint density at radius 1 is 1.20 bits per heavy atom. The van der Waals surface area contributed by atoms with E-state index in [1.54, 1.807) is 0 Å². The van der Waals surface area contributed by atoms with E-state index in [4.69, 9.17) is 26.4 Å². The molecule has 1 aromatic rings. The summed E-state index contributed by atoms with van der Waals surface area (Å²) in [6.07, 6.45) is 0. The second kappa shape index (κ2) is 7.45. The Balaban J connectivity index is 2.22. The van der Waals surface area contributed by atoms with Crippen molar-refractivity contribution in [2.45, 2.75) is 13.8 Å². The van der Waals surface area contributed by atoms with E-state index in [9.17, 15) is 0 Å². The molecular weight excluding hydrogens is 274 g/mol. The Kier molecular flexibility index (Phi) is 5.61. The maximum Gasteiger partial charge on any atom is 0.133 e. The number of rotatable bonds is 5. The predicted molar refractivity (Wildman–Crippen MR) is 82.9 cm³/mol. The molecule has 0 aliphatic carbocycles. The van der Waals surface area contributed by atoms with Crippen LogP contribution < -0.4 is 9.47 Å². The Labute approximate surface area is 125 Å². The highest BCUT2D eigenvalue weighted by Crippen LogP contribution is 2.27. The topological polar surface area (TPSA) is 30.9 Å². The van der Waals surface area contributed by atoms with Gasteiger partial charge in [-0.25, -0.2) is 0 Å². The molecule has 1 aliphatic heterocycles. The van der Waals surface area contributed by atoms with Gasteiger partial charge in [0, 0.05) is 19.2 Å². The van der Waals surface area contributed by atoms with Gasteiger partial charge in [-0.15, -0.1) is 0 Å². The minimum Gasteiger partial charge on any atom is -0.494 e. The van der Waals surface area contributed by atoms with E-state index in [1.165, 1.54) is 0 Å². The summed E-state index contributed by atoms with van der Waals surface area (Å²) in [5.74, 6) is 1.60. The van der Waals surface area contributed by atoms with Gasteiger partial charge in [0.25, 0.3) is 0 Å². The van der Waals surface area contributed by atoms with Gasteiger partial charge in [-0.2, -0.15) is 0 Å². The normalized spacial score (nSPS) is 15.0. The molecule has 1 saturated heterocycles. The standard InChI is InChI=1S/C15H21NO3S/c1-3-18-12-5-6-13(14(11-12)19-4-2)15(20)16-7-9-17-10-8-16/h5-6,11H,3-4,7-10H2,1-2H3. The van der Waals surface area contributed by atoms with Crippen molar-refractivity contribution in [2.24, 2.45) is 0 Å². The van der Waals surface area contributed by atoms with E-state index < -0.39 is 0 Å². The molecule has 110 valence electrons. The Hall–Kier alpha value is -1.33. The van der Waals surface area contributed by atoms with Crippen molar-refractivity contribution < 1.29 is 14.2 Å². The van der Waals surface area contributed by atoms with Gasteiger partial charge < -0.3 is 19.1 Å². The molecule has 0 atom stereocenters. The van der Waals surface area contributed by atoms with Crippen LogP contribution in [0.25, 0.3) is 0 Å². The lowest BCUT2D eigenvalue weighted by molar-refractivity contribution is 0.0692. The van der Waals surface area contributed by atoms with Crippen LogP contribution in [0.15, 0.2) is 18.2 Å². The molecule has 20 heavy (non-hydrogen) atoms. The maximum atomic E-state index is 5.71. The number of ether oxygens (including phenoxy) is 3. The molecular formula is C15H21NO3S. The number of morpholine rings is 1. The van der Waals surface area contributed by atoms with Crippen molar-refractivity contribution in [3.8, 4) is 11.5 Å². The lowest BCUT2D eigenvalue weighted by atomic mass is 10.1. The van der Waals surface area contributed by atoms with E-state index >= 15 is 0 Å². The van der Waals surface area contributed by atoms with Gasteiger partial charge in [0.2, 0.25) is 0 Å². The lowest BCUT2D eigenvalue weighted by Gasteiger charge is -2.30. The molecule has 1 aliphatic rings. The van der Waals surface area contributed by atoms with Crippen LogP contribution >= 0.6 is 12.2 Å². The number of hydrogen-bond acceptors (Lipinski definition) is 4. The molecule has 0 amide bonds. The maximum absolute atomic E-state index is 5.71. The Bertz CT molecular complexity index is 458. The zero-order valence-corrected chi connectivity index (χ0v) is 12.9. The first kappa shape index (κ1) is 15.1. The molecule has 1 heterocycles. The second-order valence-corrected chi connectivity index (χ2v) is 4.82.